The summed E-state index contributed by atoms with van der Waals surface area (Å²) in [5, 5.41) is 4.39. The third kappa shape index (κ3) is 10.9. The molecule has 7 rings (SSSR count). The number of ether oxygens (including phenoxy) is 1. The summed E-state index contributed by atoms with van der Waals surface area (Å²) in [6, 6.07) is 33.8. The fourth-order valence-corrected chi connectivity index (χ4v) is 9.26. The van der Waals surface area contributed by atoms with E-state index < -0.39 is 5.41 Å². The minimum atomic E-state index is -0.462. The fraction of sp³-hybridized carbons (Fsp3) is 0.362. The number of likely N-dealkylation sites (tertiary alicyclic amines) is 1. The zero-order valence-electron chi connectivity index (χ0n) is 34.4. The van der Waals surface area contributed by atoms with Gasteiger partial charge in [0.25, 0.3) is 0 Å². The molecule has 1 aliphatic heterocycles. The molecule has 2 heterocycles. The van der Waals surface area contributed by atoms with Gasteiger partial charge in [-0.15, -0.1) is 0 Å². The maximum Gasteiger partial charge on any atom is 0.329 e. The molecule has 0 bridgehead atoms. The number of hydrogen-bond donors (Lipinski definition) is 1. The first-order chi connectivity index (χ1) is 29.0. The molecule has 60 heavy (non-hydrogen) atoms. The van der Waals surface area contributed by atoms with Crippen LogP contribution < -0.4 is 10.1 Å². The Hall–Kier alpha value is -4.87. The Kier molecular flexibility index (Phi) is 15.3. The maximum atomic E-state index is 14.0. The molecule has 0 radical (unpaired) electrons. The van der Waals surface area contributed by atoms with E-state index in [4.69, 9.17) is 39.5 Å². The number of carbonyl (C=O) groups excluding carboxylic acids is 3. The van der Waals surface area contributed by atoms with E-state index in [9.17, 15) is 14.4 Å². The second-order valence-electron chi connectivity index (χ2n) is 15.6. The van der Waals surface area contributed by atoms with Gasteiger partial charge < -0.3 is 24.8 Å². The maximum absolute atomic E-state index is 14.0. The van der Waals surface area contributed by atoms with Gasteiger partial charge in [-0.2, -0.15) is 0 Å². The van der Waals surface area contributed by atoms with Crippen molar-refractivity contribution in [3.63, 3.8) is 0 Å². The van der Waals surface area contributed by atoms with E-state index in [1.54, 1.807) is 36.4 Å². The number of likely N-dealkylation sites (N-methyl/N-ethyl adjacent to an activating group) is 1. The van der Waals surface area contributed by atoms with E-state index in [-0.39, 0.29) is 35.9 Å². The largest absolute Gasteiger partial charge is 0.489 e. The van der Waals surface area contributed by atoms with Gasteiger partial charge in [-0.3, -0.25) is 14.2 Å². The number of aromatic nitrogens is 2. The average molecular weight is 872 g/mol. The summed E-state index contributed by atoms with van der Waals surface area (Å²) in [6.07, 6.45) is 8.08. The number of halogens is 3. The molecule has 0 spiro atoms. The Morgan fingerprint density at radius 3 is 2.03 bits per heavy atom. The Morgan fingerprint density at radius 2 is 1.47 bits per heavy atom. The smallest absolute Gasteiger partial charge is 0.329 e. The number of rotatable bonds is 14. The number of imidazole rings is 1. The van der Waals surface area contributed by atoms with Crippen LogP contribution in [0.2, 0.25) is 15.1 Å². The molecule has 10 nitrogen and oxygen atoms in total. The van der Waals surface area contributed by atoms with E-state index in [0.29, 0.717) is 40.5 Å². The Balaban J connectivity index is 0.000000226. The molecular weight excluding hydrogens is 819 g/mol. The van der Waals surface area contributed by atoms with Crippen molar-refractivity contribution in [2.45, 2.75) is 57.0 Å². The summed E-state index contributed by atoms with van der Waals surface area (Å²) in [6.45, 7) is 8.18. The molecule has 1 N–H and O–H groups in total. The third-order valence-corrected chi connectivity index (χ3v) is 12.2. The summed E-state index contributed by atoms with van der Waals surface area (Å²) in [5.74, 6) is 0.867. The Labute approximate surface area is 368 Å². The molecule has 1 saturated heterocycles. The van der Waals surface area contributed by atoms with Gasteiger partial charge in [0.2, 0.25) is 11.8 Å². The molecule has 4 aromatic carbocycles. The SMILES string of the molecule is CC(=O)NC1(c2ccccc2)CCN(C[C@@H]2C[C@@]2(C(=O)N(C)Cc2ccccc2)c2ccccc2)CC1.CCCN(CCOc1c(Cl)cc(Cl)cc1Cl)C(=O)n1ccnc1. The first-order valence-corrected chi connectivity index (χ1v) is 21.6. The van der Waals surface area contributed by atoms with Crippen molar-refractivity contribution in [2.75, 3.05) is 46.4 Å². The van der Waals surface area contributed by atoms with E-state index in [0.717, 1.165) is 56.4 Å². The van der Waals surface area contributed by atoms with Crippen LogP contribution in [0.15, 0.2) is 122 Å². The minimum absolute atomic E-state index is 0.00893. The van der Waals surface area contributed by atoms with Gasteiger partial charge in [-0.1, -0.05) is 133 Å². The average Bonchev–Trinajstić information content (AvgIpc) is 3.69. The van der Waals surface area contributed by atoms with Crippen molar-refractivity contribution in [3.8, 4) is 5.75 Å². The molecule has 3 amide bonds. The van der Waals surface area contributed by atoms with Crippen molar-refractivity contribution >= 4 is 52.6 Å². The molecule has 1 saturated carbocycles. The number of benzene rings is 4. The van der Waals surface area contributed by atoms with E-state index in [2.05, 4.69) is 51.6 Å². The molecule has 2 fully saturated rings. The lowest BCUT2D eigenvalue weighted by molar-refractivity contribution is -0.133. The van der Waals surface area contributed by atoms with E-state index in [1.807, 2.05) is 73.5 Å². The summed E-state index contributed by atoms with van der Waals surface area (Å²) in [7, 11) is 1.93. The number of carbonyl (C=O) groups is 3. The number of amides is 3. The van der Waals surface area contributed by atoms with E-state index in [1.165, 1.54) is 16.5 Å². The van der Waals surface area contributed by atoms with Gasteiger partial charge in [-0.05, 0) is 60.4 Å². The highest BCUT2D eigenvalue weighted by atomic mass is 35.5. The van der Waals surface area contributed by atoms with Crippen LogP contribution in [0.4, 0.5) is 4.79 Å². The van der Waals surface area contributed by atoms with Crippen molar-refractivity contribution in [1.82, 2.24) is 29.6 Å². The van der Waals surface area contributed by atoms with Crippen molar-refractivity contribution in [1.29, 1.82) is 0 Å². The molecule has 1 aliphatic carbocycles. The van der Waals surface area contributed by atoms with Gasteiger partial charge in [0.05, 0.1) is 27.5 Å². The second-order valence-corrected chi connectivity index (χ2v) is 16.9. The standard InChI is InChI=1S/C32H37N3O2.C15H16Cl3N3O2/c1-25(36)33-31(27-14-8-4-9-15-27)18-20-35(21-19-31)24-29-22-32(29,28-16-10-5-11-17-28)30(37)34(2)23-26-12-6-3-7-13-26;1-2-4-20(15(22)21-5-3-19-10-21)6-7-23-14-12(17)8-11(16)9-13(14)18/h3-17,29H,18-24H2,1-2H3,(H,33,36);3,5,8-10H,2,4,6-7H2,1H3/t29-,32+;/m0./s1. The van der Waals surface area contributed by atoms with Crippen LogP contribution in [0.5, 0.6) is 5.75 Å². The highest BCUT2D eigenvalue weighted by Crippen LogP contribution is 2.56. The lowest BCUT2D eigenvalue weighted by atomic mass is 9.80. The van der Waals surface area contributed by atoms with Crippen LogP contribution in [0.3, 0.4) is 0 Å². The van der Waals surface area contributed by atoms with Gasteiger partial charge in [0.15, 0.2) is 5.75 Å². The second kappa shape index (κ2) is 20.6. The number of piperidine rings is 1. The highest BCUT2D eigenvalue weighted by molar-refractivity contribution is 6.40. The summed E-state index contributed by atoms with van der Waals surface area (Å²) >= 11 is 18.0. The topological polar surface area (TPSA) is 100 Å². The van der Waals surface area contributed by atoms with Crippen LogP contribution in [-0.2, 0) is 27.1 Å². The van der Waals surface area contributed by atoms with Crippen LogP contribution in [0.1, 0.15) is 56.2 Å². The fourth-order valence-electron chi connectivity index (χ4n) is 8.34. The summed E-state index contributed by atoms with van der Waals surface area (Å²) < 4.78 is 7.05. The molecule has 2 aliphatic rings. The van der Waals surface area contributed by atoms with E-state index >= 15 is 0 Å². The van der Waals surface area contributed by atoms with Crippen LogP contribution in [-0.4, -0.2) is 88.5 Å². The van der Waals surface area contributed by atoms with Crippen molar-refractivity contribution < 1.29 is 19.1 Å². The molecule has 316 valence electrons. The van der Waals surface area contributed by atoms with Crippen LogP contribution >= 0.6 is 34.8 Å². The lowest BCUT2D eigenvalue weighted by Crippen LogP contribution is -2.53. The molecule has 0 unspecified atom stereocenters. The monoisotopic (exact) mass is 870 g/mol. The predicted molar refractivity (Wildman–Crippen MR) is 239 cm³/mol. The third-order valence-electron chi connectivity index (χ3n) is 11.4. The normalized spacial score (nSPS) is 18.1. The zero-order valence-corrected chi connectivity index (χ0v) is 36.7. The molecule has 13 heteroatoms. The quantitative estimate of drug-likeness (QED) is 0.120. The molecule has 1 aromatic heterocycles. The summed E-state index contributed by atoms with van der Waals surface area (Å²) in [5.41, 5.74) is 2.66. The van der Waals surface area contributed by atoms with Crippen LogP contribution in [0.25, 0.3) is 0 Å². The highest BCUT2D eigenvalue weighted by Gasteiger charge is 2.62. The first-order valence-electron chi connectivity index (χ1n) is 20.4. The lowest BCUT2D eigenvalue weighted by Gasteiger charge is -2.43. The van der Waals surface area contributed by atoms with Gasteiger partial charge in [-0.25, -0.2) is 9.78 Å². The van der Waals surface area contributed by atoms with Crippen molar-refractivity contribution in [2.24, 2.45) is 5.92 Å². The van der Waals surface area contributed by atoms with Crippen LogP contribution in [0, 0.1) is 5.92 Å². The van der Waals surface area contributed by atoms with Gasteiger partial charge in [0.1, 0.15) is 12.9 Å². The zero-order chi connectivity index (χ0) is 42.7. The minimum Gasteiger partial charge on any atom is -0.489 e. The summed E-state index contributed by atoms with van der Waals surface area (Å²) in [4.78, 5) is 48.3. The van der Waals surface area contributed by atoms with Crippen molar-refractivity contribution in [3.05, 3.63) is 154 Å². The Bertz CT molecular complexity index is 2150. The predicted octanol–water partition coefficient (Wildman–Crippen LogP) is 9.33. The molecule has 2 atom stereocenters. The first kappa shape index (κ1) is 44.7. The van der Waals surface area contributed by atoms with Gasteiger partial charge >= 0.3 is 6.03 Å². The number of nitrogens with zero attached hydrogens (tertiary/aromatic N) is 5. The Morgan fingerprint density at radius 1 is 0.867 bits per heavy atom. The molecular formula is C47H53Cl3N6O4. The number of nitrogens with one attached hydrogen (secondary N) is 1. The molecule has 5 aromatic rings. The number of hydrogen-bond acceptors (Lipinski definition) is 6. The van der Waals surface area contributed by atoms with Gasteiger partial charge in [0, 0.05) is 64.1 Å².